The van der Waals surface area contributed by atoms with E-state index in [1.165, 1.54) is 0 Å². The summed E-state index contributed by atoms with van der Waals surface area (Å²) in [6.45, 7) is 5.79. The highest BCUT2D eigenvalue weighted by molar-refractivity contribution is 5.83. The van der Waals surface area contributed by atoms with Crippen LogP contribution in [0.25, 0.3) is 0 Å². The third kappa shape index (κ3) is 6.38. The summed E-state index contributed by atoms with van der Waals surface area (Å²) in [6, 6.07) is 38.8. The second-order valence-corrected chi connectivity index (χ2v) is 11.7. The number of esters is 2. The Morgan fingerprint density at radius 1 is 0.667 bits per heavy atom. The normalized spacial score (nSPS) is 18.5. The van der Waals surface area contributed by atoms with Gasteiger partial charge in [0.2, 0.25) is 0 Å². The van der Waals surface area contributed by atoms with Crippen LogP contribution < -0.4 is 0 Å². The molecule has 1 aliphatic carbocycles. The van der Waals surface area contributed by atoms with E-state index < -0.39 is 23.0 Å². The summed E-state index contributed by atoms with van der Waals surface area (Å²) in [5, 5.41) is 0. The first-order valence-corrected chi connectivity index (χ1v) is 14.6. The molecule has 0 aliphatic heterocycles. The average Bonchev–Trinajstić information content (AvgIpc) is 2.99. The zero-order valence-electron chi connectivity index (χ0n) is 24.5. The molecule has 4 aromatic rings. The number of ether oxygens (including phenoxy) is 2. The van der Waals surface area contributed by atoms with Crippen molar-refractivity contribution in [3.8, 4) is 0 Å². The quantitative estimate of drug-likeness (QED) is 0.153. The number of rotatable bonds is 9. The fourth-order valence-electron chi connectivity index (χ4n) is 6.22. The van der Waals surface area contributed by atoms with Crippen LogP contribution in [0.5, 0.6) is 0 Å². The van der Waals surface area contributed by atoms with E-state index in [4.69, 9.17) is 9.47 Å². The molecule has 2 atom stereocenters. The molecular weight excluding hydrogens is 520 g/mol. The van der Waals surface area contributed by atoms with Crippen molar-refractivity contribution in [2.75, 3.05) is 0 Å². The number of allylic oxidation sites excluding steroid dienone is 1. The average molecular weight is 559 g/mol. The predicted octanol–water partition coefficient (Wildman–Crippen LogP) is 8.24. The smallest absolute Gasteiger partial charge is 0.318 e. The Bertz CT molecular complexity index is 1420. The minimum atomic E-state index is -0.958. The first kappa shape index (κ1) is 29.1. The van der Waals surface area contributed by atoms with E-state index >= 15 is 0 Å². The maximum atomic E-state index is 14.0. The van der Waals surface area contributed by atoms with E-state index in [1.807, 2.05) is 148 Å². The predicted molar refractivity (Wildman–Crippen MR) is 166 cm³/mol. The molecule has 0 amide bonds. The van der Waals surface area contributed by atoms with Gasteiger partial charge in [0.15, 0.2) is 0 Å². The van der Waals surface area contributed by atoms with Crippen molar-refractivity contribution >= 4 is 11.9 Å². The van der Waals surface area contributed by atoms with Gasteiger partial charge in [-0.1, -0.05) is 133 Å². The standard InChI is InChI=1S/C38H38O4/c1-37(2,41-35(39)33(28-18-8-4-9-19-28)29-20-10-5-11-21-29)32-26-16-17-27-38(32,3)42-36(40)34(30-22-12-6-13-23-30)31-24-14-7-15-25-31/h4-16,18-26,32-34H,17,27H2,1-3H3/t32?,38-/m1/s1. The highest BCUT2D eigenvalue weighted by atomic mass is 16.6. The Balaban J connectivity index is 1.43. The topological polar surface area (TPSA) is 52.6 Å². The summed E-state index contributed by atoms with van der Waals surface area (Å²) in [6.07, 6.45) is 5.53. The maximum absolute atomic E-state index is 14.0. The van der Waals surface area contributed by atoms with Gasteiger partial charge in [-0.15, -0.1) is 0 Å². The number of hydrogen-bond donors (Lipinski definition) is 0. The summed E-state index contributed by atoms with van der Waals surface area (Å²) in [4.78, 5) is 28.0. The highest BCUT2D eigenvalue weighted by Crippen LogP contribution is 2.43. The maximum Gasteiger partial charge on any atom is 0.318 e. The fraction of sp³-hybridized carbons (Fsp3) is 0.263. The number of hydrogen-bond acceptors (Lipinski definition) is 4. The Hall–Kier alpha value is -4.44. The number of carbonyl (C=O) groups is 2. The second-order valence-electron chi connectivity index (χ2n) is 11.7. The van der Waals surface area contributed by atoms with E-state index in [2.05, 4.69) is 6.08 Å². The Kier molecular flexibility index (Phi) is 8.72. The molecule has 0 fully saturated rings. The first-order chi connectivity index (χ1) is 20.3. The SMILES string of the molecule is CC(C)(OC(=O)C(c1ccccc1)c1ccccc1)C1C=CCC[C@@]1(C)OC(=O)C(c1ccccc1)c1ccccc1. The molecule has 0 bridgehead atoms. The molecule has 1 unspecified atom stereocenters. The van der Waals surface area contributed by atoms with Crippen molar-refractivity contribution in [3.05, 3.63) is 156 Å². The van der Waals surface area contributed by atoms with Gasteiger partial charge in [0.25, 0.3) is 0 Å². The molecule has 0 spiro atoms. The van der Waals surface area contributed by atoms with Crippen molar-refractivity contribution in [3.63, 3.8) is 0 Å². The van der Waals surface area contributed by atoms with Crippen LogP contribution in [-0.4, -0.2) is 23.1 Å². The third-order valence-corrected chi connectivity index (χ3v) is 8.24. The number of benzene rings is 4. The molecule has 214 valence electrons. The summed E-state index contributed by atoms with van der Waals surface area (Å²) in [5.74, 6) is -2.15. The molecule has 0 aromatic heterocycles. The Morgan fingerprint density at radius 3 is 1.45 bits per heavy atom. The van der Waals surface area contributed by atoms with Crippen molar-refractivity contribution in [2.45, 2.75) is 56.7 Å². The fourth-order valence-corrected chi connectivity index (χ4v) is 6.22. The molecule has 0 saturated carbocycles. The van der Waals surface area contributed by atoms with Gasteiger partial charge >= 0.3 is 11.9 Å². The molecule has 4 nitrogen and oxygen atoms in total. The lowest BCUT2D eigenvalue weighted by atomic mass is 9.72. The summed E-state index contributed by atoms with van der Waals surface area (Å²) in [5.41, 5.74) is 1.64. The van der Waals surface area contributed by atoms with Crippen molar-refractivity contribution in [1.29, 1.82) is 0 Å². The molecular formula is C38H38O4. The van der Waals surface area contributed by atoms with Gasteiger partial charge in [0.05, 0.1) is 5.92 Å². The van der Waals surface area contributed by atoms with Crippen LogP contribution in [0.1, 0.15) is 67.7 Å². The summed E-state index contributed by atoms with van der Waals surface area (Å²) in [7, 11) is 0. The summed E-state index contributed by atoms with van der Waals surface area (Å²) >= 11 is 0. The minimum absolute atomic E-state index is 0.316. The van der Waals surface area contributed by atoms with Crippen LogP contribution >= 0.6 is 0 Å². The lowest BCUT2D eigenvalue weighted by Gasteiger charge is -2.46. The minimum Gasteiger partial charge on any atom is -0.458 e. The monoisotopic (exact) mass is 558 g/mol. The molecule has 1 aliphatic rings. The van der Waals surface area contributed by atoms with Crippen LogP contribution in [0.2, 0.25) is 0 Å². The molecule has 4 heteroatoms. The molecule has 0 heterocycles. The van der Waals surface area contributed by atoms with Crippen LogP contribution in [-0.2, 0) is 19.1 Å². The number of carbonyl (C=O) groups excluding carboxylic acids is 2. The zero-order chi connectivity index (χ0) is 29.6. The second kappa shape index (κ2) is 12.6. The largest absolute Gasteiger partial charge is 0.458 e. The first-order valence-electron chi connectivity index (χ1n) is 14.6. The van der Waals surface area contributed by atoms with E-state index in [1.54, 1.807) is 0 Å². The van der Waals surface area contributed by atoms with Gasteiger partial charge in [0, 0.05) is 0 Å². The lowest BCUT2D eigenvalue weighted by molar-refractivity contribution is -0.184. The van der Waals surface area contributed by atoms with Crippen LogP contribution in [0.3, 0.4) is 0 Å². The van der Waals surface area contributed by atoms with Gasteiger partial charge in [-0.25, -0.2) is 0 Å². The third-order valence-electron chi connectivity index (χ3n) is 8.24. The molecule has 0 N–H and O–H groups in total. The molecule has 0 radical (unpaired) electrons. The van der Waals surface area contributed by atoms with E-state index in [-0.39, 0.29) is 17.9 Å². The molecule has 4 aromatic carbocycles. The van der Waals surface area contributed by atoms with Gasteiger partial charge < -0.3 is 9.47 Å². The van der Waals surface area contributed by atoms with E-state index in [0.717, 1.165) is 28.7 Å². The Labute approximate surface area is 249 Å². The van der Waals surface area contributed by atoms with E-state index in [9.17, 15) is 9.59 Å². The zero-order valence-corrected chi connectivity index (χ0v) is 24.5. The van der Waals surface area contributed by atoms with Gasteiger partial charge in [-0.05, 0) is 55.9 Å². The highest BCUT2D eigenvalue weighted by Gasteiger charge is 2.49. The Morgan fingerprint density at radius 2 is 1.05 bits per heavy atom. The lowest BCUT2D eigenvalue weighted by Crippen LogP contribution is -2.52. The molecule has 0 saturated heterocycles. The summed E-state index contributed by atoms with van der Waals surface area (Å²) < 4.78 is 12.9. The van der Waals surface area contributed by atoms with Crippen LogP contribution in [0.4, 0.5) is 0 Å². The van der Waals surface area contributed by atoms with Crippen LogP contribution in [0.15, 0.2) is 133 Å². The van der Waals surface area contributed by atoms with Crippen molar-refractivity contribution in [1.82, 2.24) is 0 Å². The van der Waals surface area contributed by atoms with Crippen LogP contribution in [0, 0.1) is 5.92 Å². The molecule has 5 rings (SSSR count). The van der Waals surface area contributed by atoms with Crippen molar-refractivity contribution < 1.29 is 19.1 Å². The van der Waals surface area contributed by atoms with Gasteiger partial charge in [-0.2, -0.15) is 0 Å². The van der Waals surface area contributed by atoms with E-state index in [0.29, 0.717) is 6.42 Å². The van der Waals surface area contributed by atoms with Crippen molar-refractivity contribution in [2.24, 2.45) is 5.92 Å². The molecule has 42 heavy (non-hydrogen) atoms. The van der Waals surface area contributed by atoms with Gasteiger partial charge in [-0.3, -0.25) is 9.59 Å². The van der Waals surface area contributed by atoms with Gasteiger partial charge in [0.1, 0.15) is 23.0 Å².